The number of Topliss-reactive ketones (excluding diaryl/α,β-unsaturated/α-hetero) is 1. The number of hydrogen-bond donors (Lipinski definition) is 2. The van der Waals surface area contributed by atoms with Crippen molar-refractivity contribution in [1.82, 2.24) is 10.3 Å². The maximum Gasteiger partial charge on any atom is 0.305 e. The molecule has 0 aliphatic carbocycles. The van der Waals surface area contributed by atoms with Crippen LogP contribution in [0, 0.1) is 0 Å². The van der Waals surface area contributed by atoms with Crippen molar-refractivity contribution in [1.29, 1.82) is 0 Å². The number of hydrogen-bond acceptors (Lipinski definition) is 6. The zero-order valence-electron chi connectivity index (χ0n) is 8.67. The Morgan fingerprint density at radius 1 is 1.69 bits per heavy atom. The molecule has 0 aromatic carbocycles. The monoisotopic (exact) mass is 260 g/mol. The maximum atomic E-state index is 11.6. The molecule has 1 rings (SSSR count). The van der Waals surface area contributed by atoms with Gasteiger partial charge in [0.2, 0.25) is 0 Å². The SMILES string of the molecule is CN[C@@H](CC(=O)O)C(=O)CSc1nccs1. The second-order valence-corrected chi connectivity index (χ2v) is 5.11. The number of carboxylic acid groups (broad SMARTS) is 1. The second-order valence-electron chi connectivity index (χ2n) is 2.99. The van der Waals surface area contributed by atoms with Crippen LogP contribution in [0.3, 0.4) is 0 Å². The summed E-state index contributed by atoms with van der Waals surface area (Å²) in [6, 6.07) is -0.620. The van der Waals surface area contributed by atoms with Crippen molar-refractivity contribution in [3.63, 3.8) is 0 Å². The fraction of sp³-hybridized carbons (Fsp3) is 0.444. The molecule has 1 atom stereocenters. The predicted molar refractivity (Wildman–Crippen MR) is 62.9 cm³/mol. The van der Waals surface area contributed by atoms with Gasteiger partial charge >= 0.3 is 5.97 Å². The number of rotatable bonds is 7. The Kier molecular flexibility index (Phi) is 5.44. The lowest BCUT2D eigenvalue weighted by Crippen LogP contribution is -2.37. The molecule has 0 fully saturated rings. The van der Waals surface area contributed by atoms with Gasteiger partial charge in [-0.05, 0) is 7.05 Å². The minimum Gasteiger partial charge on any atom is -0.481 e. The molecule has 5 nitrogen and oxygen atoms in total. The molecule has 0 spiro atoms. The highest BCUT2D eigenvalue weighted by Crippen LogP contribution is 2.20. The van der Waals surface area contributed by atoms with Crippen LogP contribution in [0.1, 0.15) is 6.42 Å². The van der Waals surface area contributed by atoms with Gasteiger partial charge in [-0.2, -0.15) is 0 Å². The molecule has 0 unspecified atom stereocenters. The van der Waals surface area contributed by atoms with Crippen molar-refractivity contribution < 1.29 is 14.7 Å². The number of carboxylic acids is 1. The molecule has 0 radical (unpaired) electrons. The summed E-state index contributed by atoms with van der Waals surface area (Å²) in [6.45, 7) is 0. The topological polar surface area (TPSA) is 79.3 Å². The first kappa shape index (κ1) is 13.1. The quantitative estimate of drug-likeness (QED) is 0.708. The number of nitrogens with one attached hydrogen (secondary N) is 1. The first-order chi connectivity index (χ1) is 7.63. The van der Waals surface area contributed by atoms with Crippen molar-refractivity contribution in [2.75, 3.05) is 12.8 Å². The van der Waals surface area contributed by atoms with Crippen molar-refractivity contribution in [2.24, 2.45) is 0 Å². The smallest absolute Gasteiger partial charge is 0.305 e. The van der Waals surface area contributed by atoms with Gasteiger partial charge < -0.3 is 10.4 Å². The van der Waals surface area contributed by atoms with Crippen LogP contribution >= 0.6 is 23.1 Å². The van der Waals surface area contributed by atoms with E-state index in [1.54, 1.807) is 13.2 Å². The van der Waals surface area contributed by atoms with Gasteiger partial charge in [-0.3, -0.25) is 9.59 Å². The van der Waals surface area contributed by atoms with Gasteiger partial charge in [0.15, 0.2) is 5.78 Å². The first-order valence-corrected chi connectivity index (χ1v) is 6.44. The average Bonchev–Trinajstić information content (AvgIpc) is 2.75. The number of carbonyl (C=O) groups excluding carboxylic acids is 1. The zero-order valence-corrected chi connectivity index (χ0v) is 10.3. The highest BCUT2D eigenvalue weighted by Gasteiger charge is 2.19. The van der Waals surface area contributed by atoms with Gasteiger partial charge in [-0.15, -0.1) is 11.3 Å². The first-order valence-electron chi connectivity index (χ1n) is 4.57. The number of aliphatic carboxylic acids is 1. The summed E-state index contributed by atoms with van der Waals surface area (Å²) in [7, 11) is 1.58. The Balaban J connectivity index is 2.40. The average molecular weight is 260 g/mol. The summed E-state index contributed by atoms with van der Waals surface area (Å²) < 4.78 is 0.818. The molecule has 0 amide bonds. The molecule has 0 saturated heterocycles. The summed E-state index contributed by atoms with van der Waals surface area (Å²) in [5.74, 6) is -0.858. The predicted octanol–water partition coefficient (Wildman–Crippen LogP) is 0.867. The Morgan fingerprint density at radius 2 is 2.44 bits per heavy atom. The Hall–Kier alpha value is -0.920. The Bertz CT molecular complexity index is 354. The van der Waals surface area contributed by atoms with Crippen LogP contribution in [0.2, 0.25) is 0 Å². The van der Waals surface area contributed by atoms with Crippen molar-refractivity contribution in [3.8, 4) is 0 Å². The molecule has 7 heteroatoms. The van der Waals surface area contributed by atoms with E-state index in [0.29, 0.717) is 0 Å². The van der Waals surface area contributed by atoms with E-state index < -0.39 is 12.0 Å². The minimum absolute atomic E-state index is 0.120. The highest BCUT2D eigenvalue weighted by molar-refractivity contribution is 8.01. The third-order valence-corrected chi connectivity index (χ3v) is 3.85. The van der Waals surface area contributed by atoms with Crippen molar-refractivity contribution in [2.45, 2.75) is 16.8 Å². The lowest BCUT2D eigenvalue weighted by atomic mass is 10.1. The van der Waals surface area contributed by atoms with Crippen LogP contribution in [0.25, 0.3) is 0 Å². The number of carbonyl (C=O) groups is 2. The normalized spacial score (nSPS) is 12.3. The van der Waals surface area contributed by atoms with Crippen molar-refractivity contribution in [3.05, 3.63) is 11.6 Å². The molecule has 2 N–H and O–H groups in total. The number of likely N-dealkylation sites (N-methyl/N-ethyl adjacent to an activating group) is 1. The van der Waals surface area contributed by atoms with E-state index in [0.717, 1.165) is 4.34 Å². The van der Waals surface area contributed by atoms with Crippen LogP contribution in [0.5, 0.6) is 0 Å². The lowest BCUT2D eigenvalue weighted by molar-refractivity contribution is -0.139. The fourth-order valence-corrected chi connectivity index (χ4v) is 2.64. The third-order valence-electron chi connectivity index (χ3n) is 1.86. The van der Waals surface area contributed by atoms with Crippen LogP contribution in [-0.2, 0) is 9.59 Å². The number of aromatic nitrogens is 1. The van der Waals surface area contributed by atoms with E-state index in [9.17, 15) is 9.59 Å². The largest absolute Gasteiger partial charge is 0.481 e. The summed E-state index contributed by atoms with van der Waals surface area (Å²) in [4.78, 5) is 26.2. The van der Waals surface area contributed by atoms with E-state index in [4.69, 9.17) is 5.11 Å². The highest BCUT2D eigenvalue weighted by atomic mass is 32.2. The summed E-state index contributed by atoms with van der Waals surface area (Å²) in [6.07, 6.45) is 1.48. The number of thiazole rings is 1. The molecule has 1 aromatic rings. The van der Waals surface area contributed by atoms with Gasteiger partial charge in [0.05, 0.1) is 18.2 Å². The van der Waals surface area contributed by atoms with Crippen molar-refractivity contribution >= 4 is 34.9 Å². The van der Waals surface area contributed by atoms with E-state index in [1.807, 2.05) is 5.38 Å². The molecule has 0 aliphatic heterocycles. The lowest BCUT2D eigenvalue weighted by Gasteiger charge is -2.11. The van der Waals surface area contributed by atoms with Gasteiger partial charge in [0.25, 0.3) is 0 Å². The van der Waals surface area contributed by atoms with E-state index in [2.05, 4.69) is 10.3 Å². The van der Waals surface area contributed by atoms with Gasteiger partial charge in [0, 0.05) is 11.6 Å². The van der Waals surface area contributed by atoms with E-state index in [-0.39, 0.29) is 18.0 Å². The minimum atomic E-state index is -0.980. The zero-order chi connectivity index (χ0) is 12.0. The van der Waals surface area contributed by atoms with E-state index >= 15 is 0 Å². The fourth-order valence-electron chi connectivity index (χ4n) is 1.07. The van der Waals surface area contributed by atoms with Gasteiger partial charge in [-0.1, -0.05) is 11.8 Å². The van der Waals surface area contributed by atoms with Crippen LogP contribution in [0.15, 0.2) is 15.9 Å². The molecule has 1 heterocycles. The van der Waals surface area contributed by atoms with Crippen LogP contribution < -0.4 is 5.32 Å². The third kappa shape index (κ3) is 4.30. The number of nitrogens with zero attached hydrogens (tertiary/aromatic N) is 1. The summed E-state index contributed by atoms with van der Waals surface area (Å²) in [5, 5.41) is 13.1. The maximum absolute atomic E-state index is 11.6. The van der Waals surface area contributed by atoms with Crippen LogP contribution in [-0.4, -0.2) is 40.7 Å². The summed E-state index contributed by atoms with van der Waals surface area (Å²) in [5.41, 5.74) is 0. The summed E-state index contributed by atoms with van der Waals surface area (Å²) >= 11 is 2.79. The molecule has 16 heavy (non-hydrogen) atoms. The Morgan fingerprint density at radius 3 is 2.94 bits per heavy atom. The van der Waals surface area contributed by atoms with Crippen LogP contribution in [0.4, 0.5) is 0 Å². The molecule has 88 valence electrons. The van der Waals surface area contributed by atoms with E-state index in [1.165, 1.54) is 23.1 Å². The molecule has 0 saturated carbocycles. The van der Waals surface area contributed by atoms with Gasteiger partial charge in [0.1, 0.15) is 4.34 Å². The second kappa shape index (κ2) is 6.62. The molecule has 1 aromatic heterocycles. The number of ketones is 1. The van der Waals surface area contributed by atoms with Gasteiger partial charge in [-0.25, -0.2) is 4.98 Å². The molecule has 0 aliphatic rings. The molecular formula is C9H12N2O3S2. The molecular weight excluding hydrogens is 248 g/mol. The standard InChI is InChI=1S/C9H12N2O3S2/c1-10-6(4-8(13)14)7(12)5-16-9-11-2-3-15-9/h2-3,6,10H,4-5H2,1H3,(H,13,14)/t6-/m0/s1. The Labute approximate surface area is 101 Å². The number of thioether (sulfide) groups is 1. The molecule has 0 bridgehead atoms.